The molecule has 0 rings (SSSR count). The molecule has 0 radical (unpaired) electrons. The lowest BCUT2D eigenvalue weighted by atomic mass is 10.3. The Morgan fingerprint density at radius 3 is 3.50 bits per heavy atom. The second-order valence-corrected chi connectivity index (χ2v) is 0.512. The highest BCUT2D eigenvalue weighted by molar-refractivity contribution is 5.48. The van der Waals surface area contributed by atoms with Gasteiger partial charge in [-0.25, -0.2) is 0 Å². The first-order valence-corrected chi connectivity index (χ1v) is 1.27. The Kier molecular flexibility index (Phi) is 0.515. The number of hydrogen-bond acceptors (Lipinski definition) is 1. The molecule has 0 bridgehead atoms. The minimum Gasteiger partial charge on any atom is -0.303 e. The van der Waals surface area contributed by atoms with Crippen LogP contribution in [0.5, 0.6) is 0 Å². The molecule has 0 saturated carbocycles. The van der Waals surface area contributed by atoms with Gasteiger partial charge in [-0.1, -0.05) is 13.2 Å². The van der Waals surface area contributed by atoms with E-state index in [0.717, 1.165) is 0 Å². The van der Waals surface area contributed by atoms with E-state index < -0.39 is 32.3 Å². The molecule has 0 aliphatic rings. The van der Waals surface area contributed by atoms with Crippen molar-refractivity contribution < 1.29 is 17.1 Å². The summed E-state index contributed by atoms with van der Waals surface area (Å²) in [5, 5.41) is 0. The number of rotatable bonds is 3. The molecule has 0 saturated heterocycles. The molecular formula is C5H10O. The van der Waals surface area contributed by atoms with Crippen molar-refractivity contribution in [3.8, 4) is 0 Å². The summed E-state index contributed by atoms with van der Waals surface area (Å²) < 4.78 is 62.6. The highest BCUT2D eigenvalue weighted by atomic mass is 16.1. The van der Waals surface area contributed by atoms with Gasteiger partial charge in [-0.3, -0.25) is 0 Å². The van der Waals surface area contributed by atoms with Gasteiger partial charge in [-0.15, -0.1) is 0 Å². The zero-order chi connectivity index (χ0) is 12.7. The van der Waals surface area contributed by atoms with Crippen molar-refractivity contribution in [2.24, 2.45) is 0 Å². The van der Waals surface area contributed by atoms with Gasteiger partial charge < -0.3 is 4.79 Å². The van der Waals surface area contributed by atoms with E-state index in [1.54, 1.807) is 0 Å². The minimum absolute atomic E-state index is 0.434. The van der Waals surface area contributed by atoms with Crippen LogP contribution < -0.4 is 0 Å². The molecule has 0 N–H and O–H groups in total. The molecule has 0 atom stereocenters. The Hall–Kier alpha value is -0.330. The third-order valence-electron chi connectivity index (χ3n) is 0.194. The lowest BCUT2D eigenvalue weighted by Gasteiger charge is -1.79. The first kappa shape index (κ1) is 0.662. The van der Waals surface area contributed by atoms with E-state index in [2.05, 4.69) is 0 Å². The highest BCUT2D eigenvalue weighted by Crippen LogP contribution is 1.87. The second-order valence-electron chi connectivity index (χ2n) is 0.512. The van der Waals surface area contributed by atoms with E-state index in [1.807, 2.05) is 0 Å². The van der Waals surface area contributed by atoms with Gasteiger partial charge in [0.1, 0.15) is 6.29 Å². The zero-order valence-electron chi connectivity index (χ0n) is 12.0. The van der Waals surface area contributed by atoms with Crippen LogP contribution in [0.3, 0.4) is 0 Å². The first-order valence-electron chi connectivity index (χ1n) is 5.77. The molecule has 0 fully saturated rings. The average molecular weight is 95.2 g/mol. The van der Waals surface area contributed by atoms with Crippen LogP contribution >= 0.6 is 0 Å². The van der Waals surface area contributed by atoms with E-state index in [-0.39, 0.29) is 0 Å². The van der Waals surface area contributed by atoms with E-state index >= 15 is 0 Å². The van der Waals surface area contributed by atoms with Crippen LogP contribution in [0.2, 0.25) is 0 Å². The maximum atomic E-state index is 10.3. The van der Waals surface area contributed by atoms with Crippen molar-refractivity contribution in [1.29, 1.82) is 0 Å². The minimum atomic E-state index is -3.45. The van der Waals surface area contributed by atoms with Crippen LogP contribution in [0.1, 0.15) is 38.3 Å². The summed E-state index contributed by atoms with van der Waals surface area (Å²) in [6, 6.07) is 0. The molecular weight excluding hydrogens is 76.1 g/mol. The van der Waals surface area contributed by atoms with Crippen molar-refractivity contribution in [1.82, 2.24) is 0 Å². The molecule has 0 aromatic rings. The number of aldehydes is 1. The molecule has 0 aliphatic carbocycles. The molecule has 0 amide bonds. The van der Waals surface area contributed by atoms with Crippen molar-refractivity contribution in [3.63, 3.8) is 0 Å². The topological polar surface area (TPSA) is 17.1 Å². The normalized spacial score (nSPS) is 39.7. The Morgan fingerprint density at radius 1 is 2.17 bits per heavy atom. The molecule has 0 aliphatic heterocycles. The third kappa shape index (κ3) is 3.67. The molecule has 0 aromatic heterocycles. The maximum Gasteiger partial charge on any atom is 0.119 e. The van der Waals surface area contributed by atoms with Gasteiger partial charge >= 0.3 is 0 Å². The lowest BCUT2D eigenvalue weighted by molar-refractivity contribution is -0.107. The van der Waals surface area contributed by atoms with Gasteiger partial charge in [-0.2, -0.15) is 0 Å². The fourth-order valence-electron chi connectivity index (χ4n) is 0.0655. The molecule has 0 spiro atoms. The molecule has 0 unspecified atom stereocenters. The van der Waals surface area contributed by atoms with E-state index in [4.69, 9.17) is 12.3 Å². The average Bonchev–Trinajstić information content (AvgIpc) is 2.01. The molecule has 0 heterocycles. The maximum absolute atomic E-state index is 10.3. The second kappa shape index (κ2) is 4.67. The van der Waals surface area contributed by atoms with Gasteiger partial charge in [0.05, 0.1) is 0 Å². The summed E-state index contributed by atoms with van der Waals surface area (Å²) in [5.74, 6) is 0. The number of carbonyl (C=O) groups is 1. The fraction of sp³-hybridized carbons (Fsp3) is 0.800. The Balaban J connectivity index is 5.47. The molecule has 36 valence electrons. The van der Waals surface area contributed by atoms with Crippen LogP contribution in [0.15, 0.2) is 0 Å². The van der Waals surface area contributed by atoms with Gasteiger partial charge in [0, 0.05) is 18.7 Å². The Labute approximate surface area is 51.0 Å². The largest absolute Gasteiger partial charge is 0.303 e. The highest BCUT2D eigenvalue weighted by Gasteiger charge is 1.74. The van der Waals surface area contributed by atoms with Gasteiger partial charge in [0.25, 0.3) is 0 Å². The van der Waals surface area contributed by atoms with Crippen molar-refractivity contribution >= 4 is 6.29 Å². The molecule has 6 heavy (non-hydrogen) atoms. The monoisotopic (exact) mass is 95.1 g/mol. The van der Waals surface area contributed by atoms with Crippen LogP contribution in [0.25, 0.3) is 0 Å². The van der Waals surface area contributed by atoms with Crippen LogP contribution in [0.4, 0.5) is 0 Å². The molecule has 1 nitrogen and oxygen atoms in total. The van der Waals surface area contributed by atoms with E-state index in [9.17, 15) is 4.79 Å². The van der Waals surface area contributed by atoms with Gasteiger partial charge in [0.2, 0.25) is 0 Å². The molecule has 1 heteroatoms. The summed E-state index contributed by atoms with van der Waals surface area (Å²) in [5.41, 5.74) is 0. The fourth-order valence-corrected chi connectivity index (χ4v) is 0.0655. The standard InChI is InChI=1S/C5H10O/c1-2-3-4-5-6/h5H,2-4H2,1H3/i1D3,2D2,3D2,4D2. The first-order chi connectivity index (χ1) is 6.31. The van der Waals surface area contributed by atoms with Gasteiger partial charge in [0.15, 0.2) is 0 Å². The van der Waals surface area contributed by atoms with Crippen molar-refractivity contribution in [2.75, 3.05) is 0 Å². The lowest BCUT2D eigenvalue weighted by Crippen LogP contribution is -1.70. The zero-order valence-corrected chi connectivity index (χ0v) is 2.99. The number of carbonyl (C=O) groups excluding carboxylic acids is 1. The SMILES string of the molecule is [2H]C([2H])([2H])C([2H])([2H])C([2H])([2H])C([2H])([2H])C=O. The predicted molar refractivity (Wildman–Crippen MR) is 25.6 cm³/mol. The number of hydrogen-bond donors (Lipinski definition) is 0. The third-order valence-corrected chi connectivity index (χ3v) is 0.194. The van der Waals surface area contributed by atoms with Crippen LogP contribution in [-0.2, 0) is 4.79 Å². The van der Waals surface area contributed by atoms with E-state index in [0.29, 0.717) is 0 Å². The summed E-state index contributed by atoms with van der Waals surface area (Å²) in [6.45, 7) is -3.35. The molecule has 0 aromatic carbocycles. The van der Waals surface area contributed by atoms with Crippen molar-refractivity contribution in [3.05, 3.63) is 0 Å². The summed E-state index contributed by atoms with van der Waals surface area (Å²) in [7, 11) is 0. The van der Waals surface area contributed by atoms with Crippen molar-refractivity contribution in [2.45, 2.75) is 26.0 Å². The summed E-state index contributed by atoms with van der Waals surface area (Å²) in [6.07, 6.45) is -10.5. The summed E-state index contributed by atoms with van der Waals surface area (Å²) >= 11 is 0. The van der Waals surface area contributed by atoms with Crippen LogP contribution in [0, 0.1) is 0 Å². The Bertz CT molecular complexity index is 252. The smallest absolute Gasteiger partial charge is 0.119 e. The predicted octanol–water partition coefficient (Wildman–Crippen LogP) is 1.38. The van der Waals surface area contributed by atoms with E-state index in [1.165, 1.54) is 0 Å². The van der Waals surface area contributed by atoms with Crippen LogP contribution in [-0.4, -0.2) is 6.29 Å². The Morgan fingerprint density at radius 2 is 3.00 bits per heavy atom. The van der Waals surface area contributed by atoms with Gasteiger partial charge in [-0.05, 0) is 6.37 Å². The quantitative estimate of drug-likeness (QED) is 0.484. The summed E-state index contributed by atoms with van der Waals surface area (Å²) in [4.78, 5) is 10.3.